The van der Waals surface area contributed by atoms with Crippen LogP contribution in [0.4, 0.5) is 18.9 Å². The zero-order valence-electron chi connectivity index (χ0n) is 6.35. The normalized spacial score (nSPS) is 13.0. The van der Waals surface area contributed by atoms with E-state index in [1.165, 1.54) is 18.5 Å². The molecule has 1 aromatic rings. The van der Waals surface area contributed by atoms with Crippen molar-refractivity contribution >= 4 is 21.6 Å². The lowest BCUT2D eigenvalue weighted by atomic mass is 10.4. The summed E-state index contributed by atoms with van der Waals surface area (Å²) in [7, 11) is 0. The van der Waals surface area contributed by atoms with Gasteiger partial charge in [0, 0.05) is 10.7 Å². The second-order valence-corrected chi connectivity index (χ2v) is 3.19. The summed E-state index contributed by atoms with van der Waals surface area (Å²) >= 11 is 3.08. The average Bonchev–Trinajstić information content (AvgIpc) is 2.04. The number of rotatable bonds is 3. The van der Waals surface area contributed by atoms with Gasteiger partial charge in [-0.3, -0.25) is 4.98 Å². The van der Waals surface area contributed by atoms with Gasteiger partial charge in [0.25, 0.3) is 6.43 Å². The third-order valence-electron chi connectivity index (χ3n) is 1.23. The molecule has 1 N–H and O–H groups in total. The molecule has 0 spiro atoms. The monoisotopic (exact) mass is 254 g/mol. The number of nitrogens with one attached hydrogen (secondary N) is 1. The van der Waals surface area contributed by atoms with E-state index in [1.54, 1.807) is 0 Å². The van der Waals surface area contributed by atoms with Gasteiger partial charge in [0.2, 0.25) is 6.30 Å². The van der Waals surface area contributed by atoms with Crippen molar-refractivity contribution in [3.63, 3.8) is 0 Å². The first-order chi connectivity index (χ1) is 6.09. The molecule has 0 saturated carbocycles. The van der Waals surface area contributed by atoms with Crippen LogP contribution in [0.3, 0.4) is 0 Å². The lowest BCUT2D eigenvalue weighted by Crippen LogP contribution is -2.22. The van der Waals surface area contributed by atoms with Crippen LogP contribution < -0.4 is 5.32 Å². The quantitative estimate of drug-likeness (QED) is 0.840. The third kappa shape index (κ3) is 3.22. The van der Waals surface area contributed by atoms with Crippen molar-refractivity contribution in [3.8, 4) is 0 Å². The molecule has 2 nitrogen and oxygen atoms in total. The average molecular weight is 255 g/mol. The number of anilines is 1. The van der Waals surface area contributed by atoms with Crippen molar-refractivity contribution in [2.75, 3.05) is 5.32 Å². The van der Waals surface area contributed by atoms with E-state index in [0.29, 0.717) is 4.47 Å². The molecule has 13 heavy (non-hydrogen) atoms. The van der Waals surface area contributed by atoms with E-state index in [2.05, 4.69) is 20.9 Å². The highest BCUT2D eigenvalue weighted by Gasteiger charge is 2.18. The summed E-state index contributed by atoms with van der Waals surface area (Å²) in [4.78, 5) is 3.68. The van der Waals surface area contributed by atoms with Crippen LogP contribution in [0.2, 0.25) is 0 Å². The number of aromatic nitrogens is 1. The number of hydrogen-bond acceptors (Lipinski definition) is 2. The van der Waals surface area contributed by atoms with Gasteiger partial charge in [-0.15, -0.1) is 0 Å². The molecule has 1 aromatic heterocycles. The first-order valence-electron chi connectivity index (χ1n) is 3.39. The van der Waals surface area contributed by atoms with E-state index in [-0.39, 0.29) is 5.69 Å². The first-order valence-corrected chi connectivity index (χ1v) is 4.18. The molecular weight excluding hydrogens is 249 g/mol. The molecule has 0 radical (unpaired) electrons. The van der Waals surface area contributed by atoms with Crippen molar-refractivity contribution in [1.29, 1.82) is 0 Å². The van der Waals surface area contributed by atoms with Crippen LogP contribution in [0.25, 0.3) is 0 Å². The highest BCUT2D eigenvalue weighted by atomic mass is 79.9. The molecule has 0 fully saturated rings. The molecule has 6 heteroatoms. The summed E-state index contributed by atoms with van der Waals surface area (Å²) in [5.41, 5.74) is 0.210. The fraction of sp³-hybridized carbons (Fsp3) is 0.286. The fourth-order valence-corrected chi connectivity index (χ4v) is 1.08. The van der Waals surface area contributed by atoms with E-state index in [9.17, 15) is 13.2 Å². The van der Waals surface area contributed by atoms with E-state index in [0.717, 1.165) is 0 Å². The van der Waals surface area contributed by atoms with Gasteiger partial charge in [-0.05, 0) is 22.0 Å². The molecule has 0 amide bonds. The van der Waals surface area contributed by atoms with Gasteiger partial charge < -0.3 is 5.32 Å². The van der Waals surface area contributed by atoms with Crippen molar-refractivity contribution in [2.24, 2.45) is 0 Å². The Balaban J connectivity index is 2.64. The summed E-state index contributed by atoms with van der Waals surface area (Å²) < 4.78 is 36.5. The maximum absolute atomic E-state index is 12.4. The van der Waals surface area contributed by atoms with Gasteiger partial charge in [0.1, 0.15) is 0 Å². The molecule has 0 aliphatic carbocycles. The second kappa shape index (κ2) is 4.45. The Morgan fingerprint density at radius 3 is 2.54 bits per heavy atom. The molecule has 1 unspecified atom stereocenters. The minimum absolute atomic E-state index is 0.210. The summed E-state index contributed by atoms with van der Waals surface area (Å²) in [6, 6.07) is 1.46. The Morgan fingerprint density at radius 2 is 2.00 bits per heavy atom. The van der Waals surface area contributed by atoms with Gasteiger partial charge >= 0.3 is 0 Å². The molecular formula is C7H6BrF3N2. The Bertz CT molecular complexity index is 282. The lowest BCUT2D eigenvalue weighted by molar-refractivity contribution is 0.0650. The highest BCUT2D eigenvalue weighted by Crippen LogP contribution is 2.16. The first kappa shape index (κ1) is 10.3. The van der Waals surface area contributed by atoms with Crippen molar-refractivity contribution in [3.05, 3.63) is 22.9 Å². The largest absolute Gasteiger partial charge is 0.350 e. The number of hydrogen-bond donors (Lipinski definition) is 1. The number of alkyl halides is 3. The van der Waals surface area contributed by atoms with Crippen LogP contribution in [-0.4, -0.2) is 17.7 Å². The van der Waals surface area contributed by atoms with Gasteiger partial charge in [0.05, 0.1) is 11.9 Å². The van der Waals surface area contributed by atoms with Gasteiger partial charge in [-0.1, -0.05) is 0 Å². The number of pyridine rings is 1. The molecule has 0 aliphatic rings. The molecule has 0 saturated heterocycles. The van der Waals surface area contributed by atoms with Crippen molar-refractivity contribution < 1.29 is 13.2 Å². The molecule has 0 aromatic carbocycles. The fourth-order valence-electron chi connectivity index (χ4n) is 0.713. The van der Waals surface area contributed by atoms with Crippen LogP contribution in [0, 0.1) is 0 Å². The highest BCUT2D eigenvalue weighted by molar-refractivity contribution is 9.10. The van der Waals surface area contributed by atoms with Gasteiger partial charge in [-0.2, -0.15) is 0 Å². The summed E-state index contributed by atoms with van der Waals surface area (Å²) in [5.74, 6) is 0. The lowest BCUT2D eigenvalue weighted by Gasteiger charge is -2.10. The Kier molecular flexibility index (Phi) is 3.53. The number of halogens is 4. The Labute approximate surface area is 81.3 Å². The summed E-state index contributed by atoms with van der Waals surface area (Å²) in [6.45, 7) is 0. The number of nitrogens with zero attached hydrogens (tertiary/aromatic N) is 1. The standard InChI is InChI=1S/C7H6BrF3N2/c8-4-1-5(3-12-2-4)13-7(11)6(9)10/h1-3,6-7,13H. The van der Waals surface area contributed by atoms with Crippen LogP contribution in [-0.2, 0) is 0 Å². The van der Waals surface area contributed by atoms with E-state index in [4.69, 9.17) is 0 Å². The van der Waals surface area contributed by atoms with E-state index >= 15 is 0 Å². The zero-order chi connectivity index (χ0) is 9.84. The van der Waals surface area contributed by atoms with Crippen molar-refractivity contribution in [2.45, 2.75) is 12.7 Å². The molecule has 72 valence electrons. The Morgan fingerprint density at radius 1 is 1.31 bits per heavy atom. The minimum Gasteiger partial charge on any atom is -0.350 e. The van der Waals surface area contributed by atoms with Gasteiger partial charge in [-0.25, -0.2) is 13.2 Å². The predicted molar refractivity (Wildman–Crippen MR) is 46.5 cm³/mol. The molecule has 0 bridgehead atoms. The molecule has 0 aliphatic heterocycles. The van der Waals surface area contributed by atoms with Gasteiger partial charge in [0.15, 0.2) is 0 Å². The molecule has 1 heterocycles. The Hall–Kier alpha value is -0.780. The van der Waals surface area contributed by atoms with E-state index in [1.807, 2.05) is 5.32 Å². The van der Waals surface area contributed by atoms with Crippen LogP contribution in [0.1, 0.15) is 0 Å². The maximum Gasteiger partial charge on any atom is 0.287 e. The van der Waals surface area contributed by atoms with Crippen LogP contribution in [0.5, 0.6) is 0 Å². The molecule has 1 atom stereocenters. The predicted octanol–water partition coefficient (Wildman–Crippen LogP) is 2.82. The maximum atomic E-state index is 12.4. The third-order valence-corrected chi connectivity index (χ3v) is 1.66. The smallest absolute Gasteiger partial charge is 0.287 e. The topological polar surface area (TPSA) is 24.9 Å². The van der Waals surface area contributed by atoms with Crippen LogP contribution >= 0.6 is 15.9 Å². The second-order valence-electron chi connectivity index (χ2n) is 2.27. The van der Waals surface area contributed by atoms with Crippen molar-refractivity contribution in [1.82, 2.24) is 4.98 Å². The SMILES string of the molecule is FC(F)C(F)Nc1cncc(Br)c1. The van der Waals surface area contributed by atoms with E-state index < -0.39 is 12.7 Å². The summed E-state index contributed by atoms with van der Waals surface area (Å²) in [5, 5.41) is 1.97. The molecule has 1 rings (SSSR count). The zero-order valence-corrected chi connectivity index (χ0v) is 7.93. The summed E-state index contributed by atoms with van der Waals surface area (Å²) in [6.07, 6.45) is -2.67. The minimum atomic E-state index is -3.04. The van der Waals surface area contributed by atoms with Crippen LogP contribution in [0.15, 0.2) is 22.9 Å².